The van der Waals surface area contributed by atoms with E-state index in [-0.39, 0.29) is 17.4 Å². The van der Waals surface area contributed by atoms with Crippen molar-refractivity contribution >= 4 is 47.3 Å². The van der Waals surface area contributed by atoms with Gasteiger partial charge in [-0.2, -0.15) is 0 Å². The molecule has 0 saturated carbocycles. The fourth-order valence-corrected chi connectivity index (χ4v) is 5.95. The van der Waals surface area contributed by atoms with Crippen LogP contribution in [-0.4, -0.2) is 46.9 Å². The normalized spacial score (nSPS) is 15.5. The second kappa shape index (κ2) is 10.4. The lowest BCUT2D eigenvalue weighted by Crippen LogP contribution is -2.42. The number of carbonyl (C=O) groups is 4. The van der Waals surface area contributed by atoms with Gasteiger partial charge in [0.25, 0.3) is 11.8 Å². The summed E-state index contributed by atoms with van der Waals surface area (Å²) in [7, 11) is 0. The molecule has 10 heteroatoms. The van der Waals surface area contributed by atoms with E-state index in [1.54, 1.807) is 12.1 Å². The minimum Gasteiger partial charge on any atom is -0.425 e. The molecule has 8 nitrogen and oxygen atoms in total. The van der Waals surface area contributed by atoms with Crippen molar-refractivity contribution in [1.29, 1.82) is 0 Å². The van der Waals surface area contributed by atoms with Gasteiger partial charge in [-0.15, -0.1) is 0 Å². The number of hydrogen-bond donors (Lipinski definition) is 0. The molecule has 0 spiro atoms. The van der Waals surface area contributed by atoms with Crippen molar-refractivity contribution in [2.45, 2.75) is 63.2 Å². The molecule has 0 N–H and O–H groups in total. The van der Waals surface area contributed by atoms with Gasteiger partial charge in [-0.05, 0) is 25.0 Å². The Morgan fingerprint density at radius 2 is 1.22 bits per heavy atom. The summed E-state index contributed by atoms with van der Waals surface area (Å²) in [6.07, 6.45) is 3.38. The molecule has 0 radical (unpaired) electrons. The number of fused-ring (bicyclic) bond motifs is 1. The molecule has 0 atom stereocenters. The van der Waals surface area contributed by atoms with Crippen LogP contribution in [0, 0.1) is 0 Å². The predicted octanol–water partition coefficient (Wildman–Crippen LogP) is 4.13. The van der Waals surface area contributed by atoms with E-state index in [1.807, 2.05) is 13.8 Å². The second-order valence-corrected chi connectivity index (χ2v) is 9.64. The van der Waals surface area contributed by atoms with Crippen LogP contribution in [0.2, 0.25) is 0 Å². The molecule has 2 heterocycles. The first-order valence-electron chi connectivity index (χ1n) is 10.6. The van der Waals surface area contributed by atoms with Crippen molar-refractivity contribution in [2.75, 3.05) is 13.1 Å². The molecule has 1 aromatic rings. The molecule has 1 saturated heterocycles. The first kappa shape index (κ1) is 24.2. The lowest BCUT2D eigenvalue weighted by atomic mass is 10.3. The zero-order valence-corrected chi connectivity index (χ0v) is 20.2. The summed E-state index contributed by atoms with van der Waals surface area (Å²) in [6, 6.07) is 3.08. The van der Waals surface area contributed by atoms with E-state index < -0.39 is 11.9 Å². The van der Waals surface area contributed by atoms with E-state index in [4.69, 9.17) is 9.47 Å². The maximum atomic E-state index is 13.3. The van der Waals surface area contributed by atoms with E-state index in [0.29, 0.717) is 38.6 Å². The first-order valence-corrected chi connectivity index (χ1v) is 12.2. The lowest BCUT2D eigenvalue weighted by molar-refractivity contribution is -0.147. The Bertz CT molecular complexity index is 916. The molecule has 0 aromatic heterocycles. The zero-order chi connectivity index (χ0) is 23.4. The van der Waals surface area contributed by atoms with Gasteiger partial charge in [0.2, 0.25) is 0 Å². The first-order chi connectivity index (χ1) is 15.3. The van der Waals surface area contributed by atoms with Crippen molar-refractivity contribution < 1.29 is 28.7 Å². The van der Waals surface area contributed by atoms with Crippen molar-refractivity contribution in [3.05, 3.63) is 21.9 Å². The Kier molecular flexibility index (Phi) is 7.89. The van der Waals surface area contributed by atoms with Crippen molar-refractivity contribution in [3.8, 4) is 11.5 Å². The molecule has 3 rings (SSSR count). The highest BCUT2D eigenvalue weighted by atomic mass is 32.2. The van der Waals surface area contributed by atoms with Crippen LogP contribution in [-0.2, 0) is 19.2 Å². The Balaban J connectivity index is 2.02. The van der Waals surface area contributed by atoms with Crippen LogP contribution in [0.1, 0.15) is 53.4 Å². The van der Waals surface area contributed by atoms with Crippen LogP contribution in [0.25, 0.3) is 0 Å². The van der Waals surface area contributed by atoms with Gasteiger partial charge in [-0.1, -0.05) is 50.2 Å². The summed E-state index contributed by atoms with van der Waals surface area (Å²) in [5, 5.41) is 3.07. The number of hydrogen-bond acceptors (Lipinski definition) is 8. The predicted molar refractivity (Wildman–Crippen MR) is 121 cm³/mol. The van der Waals surface area contributed by atoms with E-state index >= 15 is 0 Å². The van der Waals surface area contributed by atoms with Gasteiger partial charge in [0, 0.05) is 26.9 Å². The SMILES string of the molecule is CCCCN1C(=O)C(=C2Sc3c(OC(C)=O)ccc(OC(C)=O)c3S2)C(=O)N1CCCC. The Morgan fingerprint density at radius 3 is 1.56 bits per heavy atom. The van der Waals surface area contributed by atoms with Gasteiger partial charge in [0.15, 0.2) is 0 Å². The Hall–Kier alpha value is -2.46. The van der Waals surface area contributed by atoms with Crippen LogP contribution in [0.5, 0.6) is 11.5 Å². The number of ether oxygens (including phenoxy) is 2. The van der Waals surface area contributed by atoms with Gasteiger partial charge >= 0.3 is 11.9 Å². The quantitative estimate of drug-likeness (QED) is 0.238. The summed E-state index contributed by atoms with van der Waals surface area (Å²) in [5.74, 6) is -1.07. The number of carbonyl (C=O) groups excluding carboxylic acids is 4. The number of benzene rings is 1. The van der Waals surface area contributed by atoms with E-state index in [9.17, 15) is 19.2 Å². The monoisotopic (exact) mass is 478 g/mol. The number of amides is 2. The molecule has 2 aliphatic heterocycles. The minimum atomic E-state index is -0.497. The molecule has 172 valence electrons. The average molecular weight is 479 g/mol. The molecular weight excluding hydrogens is 452 g/mol. The van der Waals surface area contributed by atoms with Crippen molar-refractivity contribution in [2.24, 2.45) is 0 Å². The van der Waals surface area contributed by atoms with Crippen LogP contribution < -0.4 is 9.47 Å². The topological polar surface area (TPSA) is 93.2 Å². The van der Waals surface area contributed by atoms with Crippen LogP contribution in [0.15, 0.2) is 31.7 Å². The summed E-state index contributed by atoms with van der Waals surface area (Å²) in [4.78, 5) is 50.7. The number of thioether (sulfide) groups is 2. The zero-order valence-electron chi connectivity index (χ0n) is 18.6. The number of hydrazine groups is 1. The van der Waals surface area contributed by atoms with Gasteiger partial charge in [0.05, 0.1) is 14.0 Å². The maximum absolute atomic E-state index is 13.3. The smallest absolute Gasteiger partial charge is 0.308 e. The molecule has 0 aliphatic carbocycles. The fraction of sp³-hybridized carbons (Fsp3) is 0.455. The Morgan fingerprint density at radius 1 is 0.812 bits per heavy atom. The summed E-state index contributed by atoms with van der Waals surface area (Å²) in [6.45, 7) is 7.59. The third kappa shape index (κ3) is 4.96. The number of nitrogens with zero attached hydrogens (tertiary/aromatic N) is 2. The molecule has 2 amide bonds. The van der Waals surface area contributed by atoms with Crippen LogP contribution in [0.4, 0.5) is 0 Å². The molecule has 1 aromatic carbocycles. The highest BCUT2D eigenvalue weighted by Crippen LogP contribution is 2.59. The second-order valence-electron chi connectivity index (χ2n) is 7.34. The Labute approximate surface area is 195 Å². The van der Waals surface area contributed by atoms with Crippen molar-refractivity contribution in [1.82, 2.24) is 10.0 Å². The third-order valence-electron chi connectivity index (χ3n) is 4.78. The lowest BCUT2D eigenvalue weighted by Gasteiger charge is -2.27. The average Bonchev–Trinajstić information content (AvgIpc) is 3.25. The van der Waals surface area contributed by atoms with Crippen LogP contribution in [0.3, 0.4) is 0 Å². The minimum absolute atomic E-state index is 0.103. The maximum Gasteiger partial charge on any atom is 0.308 e. The van der Waals surface area contributed by atoms with Crippen LogP contribution >= 0.6 is 23.5 Å². The summed E-state index contributed by atoms with van der Waals surface area (Å²) in [5.41, 5.74) is 0.103. The standard InChI is InChI=1S/C22H26N2O6S2/c1-5-7-11-23-20(27)17(21(28)24(23)12-8-6-2)22-31-18-15(29-13(3)25)9-10-16(19(18)32-22)30-14(4)26/h9-10H,5-8,11-12H2,1-4H3. The van der Waals surface area contributed by atoms with E-state index in [0.717, 1.165) is 25.7 Å². The third-order valence-corrected chi connectivity index (χ3v) is 7.40. The van der Waals surface area contributed by atoms with Gasteiger partial charge < -0.3 is 9.47 Å². The summed E-state index contributed by atoms with van der Waals surface area (Å²) < 4.78 is 11.1. The highest BCUT2D eigenvalue weighted by Gasteiger charge is 2.44. The molecule has 1 fully saturated rings. The van der Waals surface area contributed by atoms with Gasteiger partial charge in [-0.25, -0.2) is 10.0 Å². The highest BCUT2D eigenvalue weighted by molar-refractivity contribution is 8.25. The molecule has 32 heavy (non-hydrogen) atoms. The number of rotatable bonds is 8. The van der Waals surface area contributed by atoms with E-state index in [1.165, 1.54) is 47.4 Å². The number of unbranched alkanes of at least 4 members (excludes halogenated alkanes) is 2. The van der Waals surface area contributed by atoms with Gasteiger partial charge in [-0.3, -0.25) is 19.2 Å². The molecule has 0 bridgehead atoms. The van der Waals surface area contributed by atoms with Gasteiger partial charge in [0.1, 0.15) is 17.1 Å². The van der Waals surface area contributed by atoms with E-state index in [2.05, 4.69) is 0 Å². The molecule has 2 aliphatic rings. The molecule has 0 unspecified atom stereocenters. The summed E-state index contributed by atoms with van der Waals surface area (Å²) >= 11 is 2.36. The largest absolute Gasteiger partial charge is 0.425 e. The fourth-order valence-electron chi connectivity index (χ4n) is 3.30. The van der Waals surface area contributed by atoms with Crippen molar-refractivity contribution in [3.63, 3.8) is 0 Å². The molecular formula is C22H26N2O6S2. The number of esters is 2.